The van der Waals surface area contributed by atoms with Crippen molar-refractivity contribution in [1.82, 2.24) is 24.6 Å². The number of pyridine rings is 1. The Kier molecular flexibility index (Phi) is 6.08. The summed E-state index contributed by atoms with van der Waals surface area (Å²) >= 11 is 0. The molecule has 0 spiro atoms. The Hall–Kier alpha value is -4.20. The summed E-state index contributed by atoms with van der Waals surface area (Å²) in [6.07, 6.45) is 0.671. The molecule has 0 bridgehead atoms. The highest BCUT2D eigenvalue weighted by Crippen LogP contribution is 2.26. The molecule has 2 aromatic heterocycles. The Bertz CT molecular complexity index is 1460. The van der Waals surface area contributed by atoms with Gasteiger partial charge in [-0.15, -0.1) is 0 Å². The van der Waals surface area contributed by atoms with E-state index in [1.54, 1.807) is 11.0 Å². The summed E-state index contributed by atoms with van der Waals surface area (Å²) in [6.45, 7) is 6.53. The molecule has 0 N–H and O–H groups in total. The average molecular weight is 495 g/mol. The summed E-state index contributed by atoms with van der Waals surface area (Å²) < 4.78 is 1.93. The van der Waals surface area contributed by atoms with Gasteiger partial charge in [0.15, 0.2) is 5.69 Å². The third kappa shape index (κ3) is 4.33. The predicted molar refractivity (Wildman–Crippen MR) is 143 cm³/mol. The molecule has 0 radical (unpaired) electrons. The molecule has 2 aromatic carbocycles. The zero-order valence-electron chi connectivity index (χ0n) is 21.0. The summed E-state index contributed by atoms with van der Waals surface area (Å²) in [5.74, 6) is -0.162. The van der Waals surface area contributed by atoms with Gasteiger partial charge in [0.1, 0.15) is 5.69 Å². The molecule has 1 saturated heterocycles. The van der Waals surface area contributed by atoms with Crippen LogP contribution in [0.5, 0.6) is 0 Å². The zero-order chi connectivity index (χ0) is 25.4. The average Bonchev–Trinajstić information content (AvgIpc) is 3.34. The third-order valence-electron chi connectivity index (χ3n) is 7.43. The predicted octanol–water partition coefficient (Wildman–Crippen LogP) is 3.61. The summed E-state index contributed by atoms with van der Waals surface area (Å²) in [6, 6.07) is 21.8. The van der Waals surface area contributed by atoms with Gasteiger partial charge in [0.2, 0.25) is 0 Å². The van der Waals surface area contributed by atoms with E-state index in [1.165, 1.54) is 5.69 Å². The van der Waals surface area contributed by atoms with Crippen LogP contribution in [0.25, 0.3) is 10.9 Å². The van der Waals surface area contributed by atoms with Gasteiger partial charge in [0.25, 0.3) is 11.8 Å². The van der Waals surface area contributed by atoms with E-state index in [0.717, 1.165) is 35.2 Å². The Morgan fingerprint density at radius 1 is 0.811 bits per heavy atom. The van der Waals surface area contributed by atoms with Crippen LogP contribution >= 0.6 is 0 Å². The third-order valence-corrected chi connectivity index (χ3v) is 7.43. The minimum atomic E-state index is -0.115. The number of carbonyl (C=O) groups is 2. The molecular formula is C29H30N6O2. The molecule has 8 nitrogen and oxygen atoms in total. The van der Waals surface area contributed by atoms with E-state index in [9.17, 15) is 9.59 Å². The highest BCUT2D eigenvalue weighted by Gasteiger charge is 2.33. The number of benzene rings is 2. The lowest BCUT2D eigenvalue weighted by Crippen LogP contribution is -2.49. The highest BCUT2D eigenvalue weighted by atomic mass is 16.2. The molecule has 0 atom stereocenters. The van der Waals surface area contributed by atoms with Gasteiger partial charge in [0.05, 0.1) is 12.1 Å². The van der Waals surface area contributed by atoms with E-state index in [1.807, 2.05) is 65.0 Å². The fourth-order valence-electron chi connectivity index (χ4n) is 5.40. The van der Waals surface area contributed by atoms with E-state index in [0.29, 0.717) is 50.5 Å². The van der Waals surface area contributed by atoms with Crippen molar-refractivity contribution in [2.45, 2.75) is 26.4 Å². The molecule has 0 aliphatic carbocycles. The monoisotopic (exact) mass is 494 g/mol. The molecule has 1 fully saturated rings. The lowest BCUT2D eigenvalue weighted by molar-refractivity contribution is 0.0706. The first-order valence-electron chi connectivity index (χ1n) is 13.0. The van der Waals surface area contributed by atoms with E-state index < -0.39 is 0 Å². The molecule has 2 aliphatic rings. The van der Waals surface area contributed by atoms with Crippen LogP contribution in [0, 0.1) is 0 Å². The Balaban J connectivity index is 1.21. The maximum Gasteiger partial charge on any atom is 0.274 e. The topological polar surface area (TPSA) is 74.6 Å². The number of hydrogen-bond donors (Lipinski definition) is 0. The van der Waals surface area contributed by atoms with Crippen molar-refractivity contribution < 1.29 is 9.59 Å². The van der Waals surface area contributed by atoms with Gasteiger partial charge in [-0.3, -0.25) is 14.3 Å². The van der Waals surface area contributed by atoms with Gasteiger partial charge in [-0.1, -0.05) is 42.5 Å². The van der Waals surface area contributed by atoms with Crippen LogP contribution < -0.4 is 4.90 Å². The number of aryl methyl sites for hydroxylation is 1. The van der Waals surface area contributed by atoms with E-state index in [2.05, 4.69) is 22.0 Å². The van der Waals surface area contributed by atoms with Crippen molar-refractivity contribution in [1.29, 1.82) is 0 Å². The van der Waals surface area contributed by atoms with Gasteiger partial charge in [-0.25, -0.2) is 4.98 Å². The number of para-hydroxylation sites is 2. The molecule has 2 aliphatic heterocycles. The SMILES string of the molecule is CCn1nc(C(=O)N2CCN(c3ccccc3)CC2)c2c1CCN(C(=O)c1ccc3ccccc3n1)C2. The standard InChI is InChI=1S/C29H30N6O2/c1-2-35-26-14-15-34(28(36)25-13-12-21-8-6-7-11-24(21)30-25)20-23(26)27(31-35)29(37)33-18-16-32(17-19-33)22-9-4-3-5-10-22/h3-13H,2,14-20H2,1H3. The van der Waals surface area contributed by atoms with Crippen molar-refractivity contribution in [3.63, 3.8) is 0 Å². The van der Waals surface area contributed by atoms with Gasteiger partial charge >= 0.3 is 0 Å². The molecule has 4 heterocycles. The first-order chi connectivity index (χ1) is 18.1. The molecule has 6 rings (SSSR count). The van der Waals surface area contributed by atoms with Gasteiger partial charge in [-0.05, 0) is 31.2 Å². The molecule has 188 valence electrons. The van der Waals surface area contributed by atoms with Crippen molar-refractivity contribution >= 4 is 28.4 Å². The Labute approximate surface area is 216 Å². The molecule has 4 aromatic rings. The number of amides is 2. The first-order valence-corrected chi connectivity index (χ1v) is 13.0. The molecule has 2 amide bonds. The number of hydrogen-bond acceptors (Lipinski definition) is 5. The van der Waals surface area contributed by atoms with E-state index in [-0.39, 0.29) is 11.8 Å². The van der Waals surface area contributed by atoms with Gasteiger partial charge < -0.3 is 14.7 Å². The second kappa shape index (κ2) is 9.69. The van der Waals surface area contributed by atoms with Crippen molar-refractivity contribution in [2.75, 3.05) is 37.6 Å². The Morgan fingerprint density at radius 2 is 1.57 bits per heavy atom. The molecule has 37 heavy (non-hydrogen) atoms. The molecule has 0 unspecified atom stereocenters. The summed E-state index contributed by atoms with van der Waals surface area (Å²) in [7, 11) is 0. The highest BCUT2D eigenvalue weighted by molar-refractivity contribution is 5.96. The number of nitrogens with zero attached hydrogens (tertiary/aromatic N) is 6. The Morgan fingerprint density at radius 3 is 2.35 bits per heavy atom. The van der Waals surface area contributed by atoms with Crippen LogP contribution in [0.3, 0.4) is 0 Å². The number of piperazine rings is 1. The van der Waals surface area contributed by atoms with Gasteiger partial charge in [-0.2, -0.15) is 5.10 Å². The number of anilines is 1. The van der Waals surface area contributed by atoms with Crippen molar-refractivity contribution in [2.24, 2.45) is 0 Å². The summed E-state index contributed by atoms with van der Waals surface area (Å²) in [5, 5.41) is 5.73. The number of rotatable bonds is 4. The number of aromatic nitrogens is 3. The number of fused-ring (bicyclic) bond motifs is 2. The van der Waals surface area contributed by atoms with Gasteiger partial charge in [0, 0.05) is 68.0 Å². The lowest BCUT2D eigenvalue weighted by Gasteiger charge is -2.36. The summed E-state index contributed by atoms with van der Waals surface area (Å²) in [4.78, 5) is 37.7. The fraction of sp³-hybridized carbons (Fsp3) is 0.310. The fourth-order valence-corrected chi connectivity index (χ4v) is 5.40. The molecular weight excluding hydrogens is 464 g/mol. The van der Waals surface area contributed by atoms with Crippen molar-refractivity contribution in [3.05, 3.63) is 89.4 Å². The van der Waals surface area contributed by atoms with Crippen LogP contribution in [0.2, 0.25) is 0 Å². The molecule has 8 heteroatoms. The van der Waals surface area contributed by atoms with E-state index >= 15 is 0 Å². The minimum Gasteiger partial charge on any atom is -0.368 e. The van der Waals surface area contributed by atoms with Crippen LogP contribution in [-0.2, 0) is 19.5 Å². The van der Waals surface area contributed by atoms with Crippen LogP contribution in [0.4, 0.5) is 5.69 Å². The van der Waals surface area contributed by atoms with Crippen LogP contribution in [-0.4, -0.2) is 69.1 Å². The summed E-state index contributed by atoms with van der Waals surface area (Å²) in [5.41, 5.74) is 4.82. The lowest BCUT2D eigenvalue weighted by atomic mass is 10.0. The maximum absolute atomic E-state index is 13.7. The second-order valence-corrected chi connectivity index (χ2v) is 9.57. The smallest absolute Gasteiger partial charge is 0.274 e. The second-order valence-electron chi connectivity index (χ2n) is 9.57. The minimum absolute atomic E-state index is 0.0470. The maximum atomic E-state index is 13.7. The largest absolute Gasteiger partial charge is 0.368 e. The normalized spacial score (nSPS) is 15.6. The first kappa shape index (κ1) is 23.2. The number of carbonyl (C=O) groups excluding carboxylic acids is 2. The van der Waals surface area contributed by atoms with Crippen LogP contribution in [0.1, 0.15) is 39.2 Å². The zero-order valence-corrected chi connectivity index (χ0v) is 21.0. The van der Waals surface area contributed by atoms with Crippen LogP contribution in [0.15, 0.2) is 66.7 Å². The van der Waals surface area contributed by atoms with E-state index in [4.69, 9.17) is 5.10 Å². The van der Waals surface area contributed by atoms with Crippen molar-refractivity contribution in [3.8, 4) is 0 Å². The quantitative estimate of drug-likeness (QED) is 0.433. The molecule has 0 saturated carbocycles.